The molecule has 74 valence electrons. The van der Waals surface area contributed by atoms with Crippen molar-refractivity contribution in [2.24, 2.45) is 0 Å². The van der Waals surface area contributed by atoms with Crippen LogP contribution in [0.25, 0.3) is 0 Å². The standard InChI is InChI=1S/C10H6N2O3/c11-4-7-1-8(5-12)3-9(2-7)15-6-10(13)14/h1-3H,6H2,(H,13,14). The second kappa shape index (κ2) is 4.64. The highest BCUT2D eigenvalue weighted by molar-refractivity contribution is 5.68. The number of benzene rings is 1. The fourth-order valence-electron chi connectivity index (χ4n) is 0.957. The second-order valence-corrected chi connectivity index (χ2v) is 2.65. The SMILES string of the molecule is N#Cc1cc(C#N)cc(OCC(=O)O)c1. The van der Waals surface area contributed by atoms with E-state index in [2.05, 4.69) is 0 Å². The molecule has 0 bridgehead atoms. The quantitative estimate of drug-likeness (QED) is 0.785. The van der Waals surface area contributed by atoms with E-state index in [9.17, 15) is 4.79 Å². The third kappa shape index (κ3) is 3.02. The zero-order valence-electron chi connectivity index (χ0n) is 7.60. The molecule has 0 saturated carbocycles. The van der Waals surface area contributed by atoms with Gasteiger partial charge in [0, 0.05) is 0 Å². The number of nitriles is 2. The number of carbonyl (C=O) groups is 1. The summed E-state index contributed by atoms with van der Waals surface area (Å²) in [5.74, 6) is -0.913. The Kier molecular flexibility index (Phi) is 3.26. The van der Waals surface area contributed by atoms with Crippen molar-refractivity contribution in [3.8, 4) is 17.9 Å². The number of hydrogen-bond donors (Lipinski definition) is 1. The van der Waals surface area contributed by atoms with Gasteiger partial charge in [0.1, 0.15) is 5.75 Å². The fraction of sp³-hybridized carbons (Fsp3) is 0.100. The highest BCUT2D eigenvalue weighted by Crippen LogP contribution is 2.16. The molecule has 5 heteroatoms. The molecular formula is C10H6N2O3. The molecule has 1 rings (SSSR count). The molecular weight excluding hydrogens is 196 g/mol. The van der Waals surface area contributed by atoms with Crippen LogP contribution in [0.4, 0.5) is 0 Å². The van der Waals surface area contributed by atoms with Gasteiger partial charge in [-0.05, 0) is 18.2 Å². The molecule has 1 aromatic carbocycles. The highest BCUT2D eigenvalue weighted by atomic mass is 16.5. The van der Waals surface area contributed by atoms with Crippen LogP contribution in [0, 0.1) is 22.7 Å². The van der Waals surface area contributed by atoms with Crippen LogP contribution in [0.1, 0.15) is 11.1 Å². The van der Waals surface area contributed by atoms with Crippen LogP contribution in [0.5, 0.6) is 5.75 Å². The number of hydrogen-bond acceptors (Lipinski definition) is 4. The van der Waals surface area contributed by atoms with Gasteiger partial charge in [-0.25, -0.2) is 4.79 Å². The van der Waals surface area contributed by atoms with Crippen molar-refractivity contribution in [2.75, 3.05) is 6.61 Å². The van der Waals surface area contributed by atoms with E-state index >= 15 is 0 Å². The lowest BCUT2D eigenvalue weighted by Crippen LogP contribution is -2.09. The second-order valence-electron chi connectivity index (χ2n) is 2.65. The maximum atomic E-state index is 10.2. The van der Waals surface area contributed by atoms with Gasteiger partial charge >= 0.3 is 5.97 Å². The van der Waals surface area contributed by atoms with Crippen LogP contribution >= 0.6 is 0 Å². The van der Waals surface area contributed by atoms with Crippen molar-refractivity contribution >= 4 is 5.97 Å². The lowest BCUT2D eigenvalue weighted by molar-refractivity contribution is -0.139. The summed E-state index contributed by atoms with van der Waals surface area (Å²) in [5.41, 5.74) is 0.517. The van der Waals surface area contributed by atoms with Gasteiger partial charge in [0.25, 0.3) is 0 Å². The van der Waals surface area contributed by atoms with Crippen LogP contribution < -0.4 is 4.74 Å². The van der Waals surface area contributed by atoms with Crippen LogP contribution in [0.3, 0.4) is 0 Å². The first-order valence-electron chi connectivity index (χ1n) is 3.95. The molecule has 5 nitrogen and oxygen atoms in total. The summed E-state index contributed by atoms with van der Waals surface area (Å²) >= 11 is 0. The Balaban J connectivity index is 2.94. The third-order valence-electron chi connectivity index (χ3n) is 1.53. The first-order chi connectivity index (χ1) is 7.15. The molecule has 1 aromatic rings. The maximum Gasteiger partial charge on any atom is 0.341 e. The first-order valence-corrected chi connectivity index (χ1v) is 3.95. The minimum atomic E-state index is -1.11. The number of rotatable bonds is 3. The molecule has 0 atom stereocenters. The highest BCUT2D eigenvalue weighted by Gasteiger charge is 2.03. The number of nitrogens with zero attached hydrogens (tertiary/aromatic N) is 2. The summed E-state index contributed by atoms with van der Waals surface area (Å²) in [6.45, 7) is -0.500. The van der Waals surface area contributed by atoms with Gasteiger partial charge in [-0.15, -0.1) is 0 Å². The van der Waals surface area contributed by atoms with Gasteiger partial charge in [-0.3, -0.25) is 0 Å². The summed E-state index contributed by atoms with van der Waals surface area (Å²) in [4.78, 5) is 10.2. The van der Waals surface area contributed by atoms with E-state index in [0.717, 1.165) is 0 Å². The Morgan fingerprint density at radius 1 is 1.27 bits per heavy atom. The molecule has 0 spiro atoms. The van der Waals surface area contributed by atoms with Gasteiger partial charge in [0.15, 0.2) is 6.61 Å². The molecule has 0 heterocycles. The molecule has 0 fully saturated rings. The van der Waals surface area contributed by atoms with Crippen LogP contribution in [0.2, 0.25) is 0 Å². The molecule has 0 radical (unpaired) electrons. The van der Waals surface area contributed by atoms with Gasteiger partial charge < -0.3 is 9.84 Å². The molecule has 15 heavy (non-hydrogen) atoms. The van der Waals surface area contributed by atoms with Gasteiger partial charge in [-0.1, -0.05) is 0 Å². The van der Waals surface area contributed by atoms with Crippen molar-refractivity contribution < 1.29 is 14.6 Å². The van der Waals surface area contributed by atoms with E-state index in [4.69, 9.17) is 20.4 Å². The van der Waals surface area contributed by atoms with Crippen LogP contribution in [-0.2, 0) is 4.79 Å². The Morgan fingerprint density at radius 3 is 2.20 bits per heavy atom. The summed E-state index contributed by atoms with van der Waals surface area (Å²) in [6, 6.07) is 7.86. The van der Waals surface area contributed by atoms with Gasteiger partial charge in [-0.2, -0.15) is 10.5 Å². The molecule has 1 N–H and O–H groups in total. The predicted molar refractivity (Wildman–Crippen MR) is 49.0 cm³/mol. The summed E-state index contributed by atoms with van der Waals surface area (Å²) in [5, 5.41) is 25.6. The normalized spacial score (nSPS) is 8.67. The predicted octanol–water partition coefficient (Wildman–Crippen LogP) is 0.893. The van der Waals surface area contributed by atoms with E-state index < -0.39 is 12.6 Å². The monoisotopic (exact) mass is 202 g/mol. The molecule has 0 saturated heterocycles. The number of carboxylic acid groups (broad SMARTS) is 1. The van der Waals surface area contributed by atoms with E-state index in [1.165, 1.54) is 18.2 Å². The van der Waals surface area contributed by atoms with Crippen molar-refractivity contribution in [3.05, 3.63) is 29.3 Å². The largest absolute Gasteiger partial charge is 0.482 e. The minimum absolute atomic E-state index is 0.202. The Hall–Kier alpha value is -2.53. The summed E-state index contributed by atoms with van der Waals surface area (Å²) in [6.07, 6.45) is 0. The summed E-state index contributed by atoms with van der Waals surface area (Å²) in [7, 11) is 0. The van der Waals surface area contributed by atoms with Crippen LogP contribution in [-0.4, -0.2) is 17.7 Å². The summed E-state index contributed by atoms with van der Waals surface area (Å²) < 4.78 is 4.85. The first kappa shape index (κ1) is 10.6. The molecule has 0 amide bonds. The van der Waals surface area contributed by atoms with Crippen molar-refractivity contribution in [2.45, 2.75) is 0 Å². The number of ether oxygens (including phenoxy) is 1. The molecule has 0 aromatic heterocycles. The fourth-order valence-corrected chi connectivity index (χ4v) is 0.957. The Labute approximate surface area is 85.7 Å². The Morgan fingerprint density at radius 2 is 1.80 bits per heavy atom. The third-order valence-corrected chi connectivity index (χ3v) is 1.53. The van der Waals surface area contributed by atoms with Gasteiger partial charge in [0.05, 0.1) is 23.3 Å². The zero-order valence-corrected chi connectivity index (χ0v) is 7.60. The molecule has 0 aliphatic rings. The van der Waals surface area contributed by atoms with Gasteiger partial charge in [0.2, 0.25) is 0 Å². The van der Waals surface area contributed by atoms with E-state index in [1.54, 1.807) is 0 Å². The number of carboxylic acids is 1. The topological polar surface area (TPSA) is 94.1 Å². The maximum absolute atomic E-state index is 10.2. The lowest BCUT2D eigenvalue weighted by atomic mass is 10.1. The van der Waals surface area contributed by atoms with Crippen molar-refractivity contribution in [1.82, 2.24) is 0 Å². The zero-order chi connectivity index (χ0) is 11.3. The van der Waals surface area contributed by atoms with E-state index in [1.807, 2.05) is 12.1 Å². The number of aliphatic carboxylic acids is 1. The lowest BCUT2D eigenvalue weighted by Gasteiger charge is -2.03. The molecule has 0 aliphatic carbocycles. The van der Waals surface area contributed by atoms with Crippen molar-refractivity contribution in [3.63, 3.8) is 0 Å². The van der Waals surface area contributed by atoms with E-state index in [0.29, 0.717) is 0 Å². The minimum Gasteiger partial charge on any atom is -0.482 e. The molecule has 0 aliphatic heterocycles. The van der Waals surface area contributed by atoms with Crippen molar-refractivity contribution in [1.29, 1.82) is 10.5 Å². The average Bonchev–Trinajstić information content (AvgIpc) is 2.25. The molecule has 0 unspecified atom stereocenters. The average molecular weight is 202 g/mol. The Bertz CT molecular complexity index is 436. The smallest absolute Gasteiger partial charge is 0.341 e. The van der Waals surface area contributed by atoms with E-state index in [-0.39, 0.29) is 16.9 Å². The van der Waals surface area contributed by atoms with Crippen LogP contribution in [0.15, 0.2) is 18.2 Å².